The molecule has 36 heavy (non-hydrogen) atoms. The summed E-state index contributed by atoms with van der Waals surface area (Å²) in [6.45, 7) is -0.249. The Morgan fingerprint density at radius 3 is 2.67 bits per heavy atom. The minimum absolute atomic E-state index is 0.0149. The van der Waals surface area contributed by atoms with E-state index in [4.69, 9.17) is 14.2 Å². The van der Waals surface area contributed by atoms with E-state index in [0.717, 1.165) is 0 Å². The molecule has 3 aromatic rings. The van der Waals surface area contributed by atoms with Gasteiger partial charge in [0.2, 0.25) is 5.88 Å². The van der Waals surface area contributed by atoms with Gasteiger partial charge in [0.25, 0.3) is 10.2 Å². The van der Waals surface area contributed by atoms with Gasteiger partial charge < -0.3 is 14.2 Å². The number of nitrogens with one attached hydrogen (secondary N) is 2. The lowest BCUT2D eigenvalue weighted by atomic mass is 9.84. The highest BCUT2D eigenvalue weighted by Crippen LogP contribution is 2.47. The van der Waals surface area contributed by atoms with Crippen LogP contribution in [0.15, 0.2) is 48.7 Å². The van der Waals surface area contributed by atoms with Crippen LogP contribution in [-0.4, -0.2) is 49.9 Å². The second-order valence-corrected chi connectivity index (χ2v) is 9.63. The molecule has 0 saturated carbocycles. The van der Waals surface area contributed by atoms with E-state index in [2.05, 4.69) is 14.9 Å². The fourth-order valence-electron chi connectivity index (χ4n) is 3.95. The summed E-state index contributed by atoms with van der Waals surface area (Å²) in [5.41, 5.74) is -1.09. The van der Waals surface area contributed by atoms with Gasteiger partial charge in [0, 0.05) is 36.5 Å². The van der Waals surface area contributed by atoms with Crippen molar-refractivity contribution in [3.63, 3.8) is 0 Å². The minimum Gasteiger partial charge on any atom is -0.434 e. The van der Waals surface area contributed by atoms with E-state index in [1.165, 1.54) is 54.5 Å². The maximum absolute atomic E-state index is 15.2. The van der Waals surface area contributed by atoms with Crippen LogP contribution in [0.2, 0.25) is 0 Å². The quantitative estimate of drug-likeness (QED) is 0.487. The average molecular weight is 519 g/mol. The molecule has 14 heteroatoms. The molecule has 2 aliphatic heterocycles. The number of carbonyl (C=O) groups is 1. The Bertz CT molecular complexity index is 1440. The summed E-state index contributed by atoms with van der Waals surface area (Å²) >= 11 is 0. The summed E-state index contributed by atoms with van der Waals surface area (Å²) in [6.07, 6.45) is 0.615. The lowest BCUT2D eigenvalue weighted by Crippen LogP contribution is -2.63. The monoisotopic (exact) mass is 519 g/mol. The van der Waals surface area contributed by atoms with Crippen molar-refractivity contribution < 1.29 is 36.2 Å². The van der Waals surface area contributed by atoms with Crippen molar-refractivity contribution in [1.82, 2.24) is 19.8 Å². The second-order valence-electron chi connectivity index (χ2n) is 8.01. The molecule has 0 radical (unpaired) electrons. The molecule has 188 valence electrons. The molecular formula is C22H19F2N5O6S. The van der Waals surface area contributed by atoms with Crippen molar-refractivity contribution in [3.05, 3.63) is 71.4 Å². The van der Waals surface area contributed by atoms with Gasteiger partial charge in [-0.05, 0) is 18.2 Å². The highest BCUT2D eigenvalue weighted by molar-refractivity contribution is 7.90. The molecule has 2 N–H and O–H groups in total. The standard InChI is InChI=1S/C22H19F2N5O6S/c1-25-36(31,32)28-16-5-2-4-13(20(16)24)10-29-21(30)35-17-9-18(34-19-6-3-7-26-27-19)15(23)8-14(17)22(29)11-33-12-22/h2-9,25,28H,10-12H2,1H3. The number of anilines is 1. The Balaban J connectivity index is 1.48. The van der Waals surface area contributed by atoms with Crippen LogP contribution in [0.5, 0.6) is 17.4 Å². The van der Waals surface area contributed by atoms with Crippen LogP contribution in [0.4, 0.5) is 19.3 Å². The largest absolute Gasteiger partial charge is 0.434 e. The molecule has 0 aliphatic carbocycles. The molecule has 0 bridgehead atoms. The molecule has 1 spiro atoms. The first-order valence-corrected chi connectivity index (χ1v) is 12.1. The Morgan fingerprint density at radius 2 is 2.00 bits per heavy atom. The Morgan fingerprint density at radius 1 is 1.19 bits per heavy atom. The molecule has 5 rings (SSSR count). The summed E-state index contributed by atoms with van der Waals surface area (Å²) in [6, 6.07) is 9.55. The van der Waals surface area contributed by atoms with Crippen LogP contribution < -0.4 is 18.9 Å². The van der Waals surface area contributed by atoms with Crippen LogP contribution in [0.1, 0.15) is 11.1 Å². The maximum atomic E-state index is 15.2. The van der Waals surface area contributed by atoms with Gasteiger partial charge in [-0.25, -0.2) is 18.3 Å². The van der Waals surface area contributed by atoms with Gasteiger partial charge in [-0.1, -0.05) is 12.1 Å². The van der Waals surface area contributed by atoms with Crippen molar-refractivity contribution in [2.45, 2.75) is 12.1 Å². The molecule has 0 atom stereocenters. The van der Waals surface area contributed by atoms with E-state index in [1.54, 1.807) is 6.07 Å². The van der Waals surface area contributed by atoms with E-state index in [9.17, 15) is 13.2 Å². The summed E-state index contributed by atoms with van der Waals surface area (Å²) < 4.78 is 74.2. The van der Waals surface area contributed by atoms with Crippen LogP contribution in [-0.2, 0) is 27.0 Å². The van der Waals surface area contributed by atoms with Crippen LogP contribution in [0.25, 0.3) is 0 Å². The van der Waals surface area contributed by atoms with Crippen LogP contribution >= 0.6 is 0 Å². The van der Waals surface area contributed by atoms with Gasteiger partial charge in [-0.15, -0.1) is 5.10 Å². The molecular weight excluding hydrogens is 500 g/mol. The third-order valence-electron chi connectivity index (χ3n) is 5.83. The zero-order valence-electron chi connectivity index (χ0n) is 18.7. The first-order chi connectivity index (χ1) is 17.2. The Hall–Kier alpha value is -3.88. The number of aromatic nitrogens is 2. The number of fused-ring (bicyclic) bond motifs is 2. The molecule has 1 fully saturated rings. The van der Waals surface area contributed by atoms with Crippen molar-refractivity contribution in [2.24, 2.45) is 0 Å². The Kier molecular flexibility index (Phi) is 5.94. The maximum Gasteiger partial charge on any atom is 0.416 e. The third-order valence-corrected chi connectivity index (χ3v) is 6.86. The SMILES string of the molecule is CNS(=O)(=O)Nc1cccc(CN2C(=O)Oc3cc(Oc4cccnn4)c(F)cc3C23COC3)c1F. The molecule has 1 amide bonds. The van der Waals surface area contributed by atoms with Gasteiger partial charge >= 0.3 is 6.09 Å². The van der Waals surface area contributed by atoms with Crippen LogP contribution in [0, 0.1) is 11.6 Å². The highest BCUT2D eigenvalue weighted by atomic mass is 32.2. The van der Waals surface area contributed by atoms with E-state index in [0.29, 0.717) is 5.56 Å². The lowest BCUT2D eigenvalue weighted by molar-refractivity contribution is -0.143. The normalized spacial score (nSPS) is 16.2. The van der Waals surface area contributed by atoms with E-state index in [-0.39, 0.29) is 48.4 Å². The molecule has 11 nitrogen and oxygen atoms in total. The average Bonchev–Trinajstić information content (AvgIpc) is 2.82. The molecule has 2 aromatic carbocycles. The van der Waals surface area contributed by atoms with Crippen molar-refractivity contribution in [3.8, 4) is 17.4 Å². The van der Waals surface area contributed by atoms with E-state index >= 15 is 8.78 Å². The minimum atomic E-state index is -3.97. The van der Waals surface area contributed by atoms with Crippen LogP contribution in [0.3, 0.4) is 0 Å². The van der Waals surface area contributed by atoms with Crippen molar-refractivity contribution in [2.75, 3.05) is 25.0 Å². The number of hydrogen-bond acceptors (Lipinski definition) is 8. The number of nitrogens with zero attached hydrogens (tertiary/aromatic N) is 3. The summed E-state index contributed by atoms with van der Waals surface area (Å²) in [5.74, 6) is -1.72. The molecule has 3 heterocycles. The topological polar surface area (TPSA) is 132 Å². The third kappa shape index (κ3) is 4.19. The molecule has 2 aliphatic rings. The molecule has 0 unspecified atom stereocenters. The number of ether oxygens (including phenoxy) is 3. The van der Waals surface area contributed by atoms with Gasteiger partial charge in [-0.3, -0.25) is 9.62 Å². The number of benzene rings is 2. The summed E-state index contributed by atoms with van der Waals surface area (Å²) in [5, 5.41) is 7.41. The van der Waals surface area contributed by atoms with Gasteiger partial charge in [0.15, 0.2) is 17.4 Å². The van der Waals surface area contributed by atoms with Gasteiger partial charge in [0.1, 0.15) is 11.3 Å². The lowest BCUT2D eigenvalue weighted by Gasteiger charge is -2.51. The number of hydrogen-bond donors (Lipinski definition) is 2. The fraction of sp³-hybridized carbons (Fsp3) is 0.227. The number of halogens is 2. The zero-order chi connectivity index (χ0) is 25.5. The predicted molar refractivity (Wildman–Crippen MR) is 121 cm³/mol. The Labute approximate surface area is 204 Å². The van der Waals surface area contributed by atoms with Crippen molar-refractivity contribution in [1.29, 1.82) is 0 Å². The van der Waals surface area contributed by atoms with Gasteiger partial charge in [0.05, 0.1) is 25.4 Å². The second kappa shape index (κ2) is 8.96. The predicted octanol–water partition coefficient (Wildman–Crippen LogP) is 2.66. The number of rotatable bonds is 7. The summed E-state index contributed by atoms with van der Waals surface area (Å²) in [4.78, 5) is 14.3. The first-order valence-electron chi connectivity index (χ1n) is 10.6. The molecule has 1 saturated heterocycles. The first kappa shape index (κ1) is 23.8. The van der Waals surface area contributed by atoms with Gasteiger partial charge in [-0.2, -0.15) is 13.5 Å². The smallest absolute Gasteiger partial charge is 0.416 e. The van der Waals surface area contributed by atoms with E-state index < -0.39 is 33.5 Å². The number of carbonyl (C=O) groups excluding carboxylic acids is 1. The van der Waals surface area contributed by atoms with E-state index in [1.807, 2.05) is 4.72 Å². The van der Waals surface area contributed by atoms with Crippen molar-refractivity contribution >= 4 is 22.0 Å². The fourth-order valence-corrected chi connectivity index (χ4v) is 4.50. The summed E-state index contributed by atoms with van der Waals surface area (Å²) in [7, 11) is -2.80. The number of amides is 1. The zero-order valence-corrected chi connectivity index (χ0v) is 19.5. The molecule has 1 aromatic heterocycles. The highest BCUT2D eigenvalue weighted by Gasteiger charge is 2.54.